The predicted octanol–water partition coefficient (Wildman–Crippen LogP) is 1.25. The third-order valence-corrected chi connectivity index (χ3v) is 1.88. The zero-order chi connectivity index (χ0) is 11.8. The van der Waals surface area contributed by atoms with Crippen LogP contribution >= 0.6 is 23.2 Å². The molecule has 0 aromatic carbocycles. The number of halogens is 2. The summed E-state index contributed by atoms with van der Waals surface area (Å²) in [6.45, 7) is 2.20. The van der Waals surface area contributed by atoms with Gasteiger partial charge in [0.25, 0.3) is 0 Å². The summed E-state index contributed by atoms with van der Waals surface area (Å²) in [5.74, 6) is 0.334. The normalized spacial score (nSPS) is 10.4. The summed E-state index contributed by atoms with van der Waals surface area (Å²) in [5, 5.41) is 3.02. The molecule has 0 unspecified atom stereocenters. The summed E-state index contributed by atoms with van der Waals surface area (Å²) in [7, 11) is 1.62. The molecule has 6 nitrogen and oxygen atoms in total. The Morgan fingerprint density at radius 3 is 2.38 bits per heavy atom. The number of hydrogen-bond acceptors (Lipinski definition) is 6. The average molecular weight is 267 g/mol. The van der Waals surface area contributed by atoms with E-state index in [1.807, 2.05) is 0 Å². The highest BCUT2D eigenvalue weighted by Gasteiger charge is 2.01. The first kappa shape index (κ1) is 13.4. The summed E-state index contributed by atoms with van der Waals surface area (Å²) in [4.78, 5) is 11.3. The molecule has 1 aromatic rings. The Hall–Kier alpha value is -0.690. The van der Waals surface area contributed by atoms with Gasteiger partial charge < -0.3 is 14.8 Å². The minimum atomic E-state index is 0.0581. The van der Waals surface area contributed by atoms with Crippen LogP contribution in [0.3, 0.4) is 0 Å². The van der Waals surface area contributed by atoms with E-state index in [2.05, 4.69) is 20.3 Å². The summed E-state index contributed by atoms with van der Waals surface area (Å²) < 4.78 is 10.1. The van der Waals surface area contributed by atoms with E-state index in [0.717, 1.165) is 0 Å². The molecule has 8 heteroatoms. The van der Waals surface area contributed by atoms with E-state index < -0.39 is 0 Å². The van der Waals surface area contributed by atoms with E-state index >= 15 is 0 Å². The van der Waals surface area contributed by atoms with Gasteiger partial charge in [-0.1, -0.05) is 0 Å². The molecule has 0 radical (unpaired) electrons. The Morgan fingerprint density at radius 1 is 1.06 bits per heavy atom. The van der Waals surface area contributed by atoms with Crippen LogP contribution in [-0.4, -0.2) is 48.4 Å². The van der Waals surface area contributed by atoms with Gasteiger partial charge in [0.1, 0.15) is 0 Å². The average Bonchev–Trinajstić information content (AvgIpc) is 2.22. The summed E-state index contributed by atoms with van der Waals surface area (Å²) in [5.41, 5.74) is 0. The Morgan fingerprint density at radius 2 is 1.75 bits per heavy atom. The van der Waals surface area contributed by atoms with Crippen molar-refractivity contribution in [2.24, 2.45) is 0 Å². The number of nitrogens with one attached hydrogen (secondary N) is 1. The second-order valence-electron chi connectivity index (χ2n) is 2.73. The van der Waals surface area contributed by atoms with Crippen molar-refractivity contribution >= 4 is 29.2 Å². The van der Waals surface area contributed by atoms with Crippen LogP contribution in [0.1, 0.15) is 0 Å². The van der Waals surface area contributed by atoms with Crippen molar-refractivity contribution in [1.82, 2.24) is 15.0 Å². The molecule has 0 aliphatic carbocycles. The fourth-order valence-electron chi connectivity index (χ4n) is 0.884. The van der Waals surface area contributed by atoms with Crippen LogP contribution in [-0.2, 0) is 9.47 Å². The van der Waals surface area contributed by atoms with Gasteiger partial charge in [0.05, 0.1) is 19.8 Å². The summed E-state index contributed by atoms with van der Waals surface area (Å²) in [6, 6.07) is 0. The zero-order valence-electron chi connectivity index (χ0n) is 8.74. The molecule has 0 aliphatic heterocycles. The quantitative estimate of drug-likeness (QED) is 0.750. The van der Waals surface area contributed by atoms with Crippen LogP contribution in [0, 0.1) is 0 Å². The number of rotatable bonds is 7. The number of anilines is 1. The standard InChI is InChI=1S/C8H12Cl2N4O2/c1-15-4-5-16-3-2-11-8-13-6(9)12-7(10)14-8/h2-5H2,1H3,(H,11,12,13,14). The highest BCUT2D eigenvalue weighted by molar-refractivity contribution is 6.31. The Balaban J connectivity index is 2.21. The molecule has 0 amide bonds. The fourth-order valence-corrected chi connectivity index (χ4v) is 1.25. The number of methoxy groups -OCH3 is 1. The summed E-state index contributed by atoms with van der Waals surface area (Å²) >= 11 is 11.2. The second-order valence-corrected chi connectivity index (χ2v) is 3.41. The first-order valence-electron chi connectivity index (χ1n) is 4.60. The highest BCUT2D eigenvalue weighted by Crippen LogP contribution is 2.08. The lowest BCUT2D eigenvalue weighted by molar-refractivity contribution is 0.0759. The molecular formula is C8H12Cl2N4O2. The van der Waals surface area contributed by atoms with Gasteiger partial charge in [0.2, 0.25) is 16.5 Å². The summed E-state index contributed by atoms with van der Waals surface area (Å²) in [6.07, 6.45) is 0. The third kappa shape index (κ3) is 5.41. The van der Waals surface area contributed by atoms with Crippen molar-refractivity contribution < 1.29 is 9.47 Å². The minimum absolute atomic E-state index is 0.0581. The SMILES string of the molecule is COCCOCCNc1nc(Cl)nc(Cl)n1. The van der Waals surface area contributed by atoms with Gasteiger partial charge in [-0.15, -0.1) is 0 Å². The smallest absolute Gasteiger partial charge is 0.228 e. The van der Waals surface area contributed by atoms with Gasteiger partial charge in [0.15, 0.2) is 0 Å². The maximum atomic E-state index is 5.60. The molecule has 0 saturated heterocycles. The maximum Gasteiger partial charge on any atom is 0.228 e. The molecule has 1 heterocycles. The largest absolute Gasteiger partial charge is 0.382 e. The van der Waals surface area contributed by atoms with E-state index in [0.29, 0.717) is 32.3 Å². The third-order valence-electron chi connectivity index (χ3n) is 1.54. The lowest BCUT2D eigenvalue weighted by Crippen LogP contribution is -2.13. The molecule has 0 spiro atoms. The van der Waals surface area contributed by atoms with E-state index in [9.17, 15) is 0 Å². The van der Waals surface area contributed by atoms with Crippen LogP contribution in [0.5, 0.6) is 0 Å². The second kappa shape index (κ2) is 7.56. The lowest BCUT2D eigenvalue weighted by atomic mass is 10.6. The molecule has 1 rings (SSSR count). The van der Waals surface area contributed by atoms with E-state index in [-0.39, 0.29) is 10.6 Å². The van der Waals surface area contributed by atoms with Gasteiger partial charge in [-0.2, -0.15) is 15.0 Å². The highest BCUT2D eigenvalue weighted by atomic mass is 35.5. The topological polar surface area (TPSA) is 69.2 Å². The van der Waals surface area contributed by atoms with Gasteiger partial charge >= 0.3 is 0 Å². The number of nitrogens with zero attached hydrogens (tertiary/aromatic N) is 3. The molecule has 0 bridgehead atoms. The van der Waals surface area contributed by atoms with Crippen molar-refractivity contribution in [3.05, 3.63) is 10.6 Å². The fraction of sp³-hybridized carbons (Fsp3) is 0.625. The van der Waals surface area contributed by atoms with Gasteiger partial charge in [0, 0.05) is 13.7 Å². The van der Waals surface area contributed by atoms with E-state index in [1.165, 1.54) is 0 Å². The Labute approximate surface area is 103 Å². The van der Waals surface area contributed by atoms with Gasteiger partial charge in [-0.05, 0) is 23.2 Å². The Kier molecular flexibility index (Phi) is 6.32. The molecular weight excluding hydrogens is 255 g/mol. The van der Waals surface area contributed by atoms with Crippen molar-refractivity contribution in [2.75, 3.05) is 38.8 Å². The first-order chi connectivity index (χ1) is 7.72. The molecule has 0 atom stereocenters. The Bertz CT molecular complexity index is 307. The minimum Gasteiger partial charge on any atom is -0.382 e. The number of hydrogen-bond donors (Lipinski definition) is 1. The maximum absolute atomic E-state index is 5.60. The molecule has 0 fully saturated rings. The first-order valence-corrected chi connectivity index (χ1v) is 5.35. The monoisotopic (exact) mass is 266 g/mol. The molecule has 0 saturated carbocycles. The molecule has 0 aliphatic rings. The van der Waals surface area contributed by atoms with E-state index in [4.69, 9.17) is 32.7 Å². The van der Waals surface area contributed by atoms with Crippen LogP contribution < -0.4 is 5.32 Å². The van der Waals surface area contributed by atoms with Crippen molar-refractivity contribution in [1.29, 1.82) is 0 Å². The molecule has 1 aromatic heterocycles. The van der Waals surface area contributed by atoms with E-state index in [1.54, 1.807) is 7.11 Å². The van der Waals surface area contributed by atoms with Crippen LogP contribution in [0.15, 0.2) is 0 Å². The van der Waals surface area contributed by atoms with Crippen molar-refractivity contribution in [3.63, 3.8) is 0 Å². The number of ether oxygens (including phenoxy) is 2. The molecule has 16 heavy (non-hydrogen) atoms. The predicted molar refractivity (Wildman–Crippen MR) is 61.0 cm³/mol. The molecule has 1 N–H and O–H groups in total. The van der Waals surface area contributed by atoms with Crippen LogP contribution in [0.25, 0.3) is 0 Å². The van der Waals surface area contributed by atoms with Crippen LogP contribution in [0.2, 0.25) is 10.6 Å². The lowest BCUT2D eigenvalue weighted by Gasteiger charge is -2.05. The zero-order valence-corrected chi connectivity index (χ0v) is 10.3. The number of aromatic nitrogens is 3. The van der Waals surface area contributed by atoms with Gasteiger partial charge in [-0.3, -0.25) is 0 Å². The van der Waals surface area contributed by atoms with Crippen molar-refractivity contribution in [3.8, 4) is 0 Å². The van der Waals surface area contributed by atoms with Crippen LogP contribution in [0.4, 0.5) is 5.95 Å². The van der Waals surface area contributed by atoms with Crippen molar-refractivity contribution in [2.45, 2.75) is 0 Å². The molecule has 90 valence electrons. The van der Waals surface area contributed by atoms with Gasteiger partial charge in [-0.25, -0.2) is 0 Å².